The predicted octanol–water partition coefficient (Wildman–Crippen LogP) is 3.26. The highest BCUT2D eigenvalue weighted by Crippen LogP contribution is 2.26. The number of rotatable bonds is 4. The van der Waals surface area contributed by atoms with Crippen LogP contribution in [0.5, 0.6) is 0 Å². The summed E-state index contributed by atoms with van der Waals surface area (Å²) in [5, 5.41) is 0. The molecule has 2 aromatic carbocycles. The van der Waals surface area contributed by atoms with E-state index in [-0.39, 0.29) is 6.61 Å². The van der Waals surface area contributed by atoms with E-state index in [0.717, 1.165) is 16.7 Å². The van der Waals surface area contributed by atoms with Crippen molar-refractivity contribution in [3.05, 3.63) is 77.9 Å². The molecule has 0 aromatic heterocycles. The molecule has 0 saturated carbocycles. The molecule has 1 aliphatic heterocycles. The number of esters is 1. The summed E-state index contributed by atoms with van der Waals surface area (Å²) in [5.41, 5.74) is 2.75. The molecule has 0 aliphatic carbocycles. The summed E-state index contributed by atoms with van der Waals surface area (Å²) in [7, 11) is 1.31. The zero-order valence-corrected chi connectivity index (χ0v) is 13.9. The molecule has 25 heavy (non-hydrogen) atoms. The maximum Gasteiger partial charge on any atom is 0.411 e. The minimum atomic E-state index is -0.775. The van der Waals surface area contributed by atoms with Crippen molar-refractivity contribution >= 4 is 17.6 Å². The van der Waals surface area contributed by atoms with E-state index in [1.807, 2.05) is 60.7 Å². The maximum atomic E-state index is 12.5. The predicted molar refractivity (Wildman–Crippen MR) is 93.6 cm³/mol. The van der Waals surface area contributed by atoms with Crippen LogP contribution in [0.2, 0.25) is 0 Å². The molecule has 0 radical (unpaired) electrons. The van der Waals surface area contributed by atoms with E-state index in [4.69, 9.17) is 9.47 Å². The second-order valence-electron chi connectivity index (χ2n) is 5.69. The Kier molecular flexibility index (Phi) is 5.14. The van der Waals surface area contributed by atoms with Crippen molar-refractivity contribution in [3.8, 4) is 0 Å². The number of nitrogens with zero attached hydrogens (tertiary/aromatic N) is 1. The van der Waals surface area contributed by atoms with Crippen LogP contribution in [0.25, 0.3) is 5.57 Å². The van der Waals surface area contributed by atoms with Gasteiger partial charge in [-0.2, -0.15) is 0 Å². The van der Waals surface area contributed by atoms with Crippen LogP contribution in [-0.2, 0) is 20.9 Å². The number of amides is 1. The molecule has 0 fully saturated rings. The Morgan fingerprint density at radius 1 is 1.04 bits per heavy atom. The molecule has 0 N–H and O–H groups in total. The number of hydrogen-bond acceptors (Lipinski definition) is 4. The largest absolute Gasteiger partial charge is 0.467 e. The van der Waals surface area contributed by atoms with Crippen LogP contribution in [0.3, 0.4) is 0 Å². The molecular formula is C20H19NO4. The molecule has 0 unspecified atom stereocenters. The summed E-state index contributed by atoms with van der Waals surface area (Å²) in [5.74, 6) is -0.484. The third-order valence-electron chi connectivity index (χ3n) is 4.06. The topological polar surface area (TPSA) is 55.8 Å². The summed E-state index contributed by atoms with van der Waals surface area (Å²) in [6.45, 7) is 0.460. The standard InChI is InChI=1S/C20H19NO4/c1-24-19(22)18-12-17(16-10-6-3-7-11-16)13-21(18)20(23)25-14-15-8-4-2-5-9-15/h2-12,18H,13-14H2,1H3/t18-/m0/s1. The monoisotopic (exact) mass is 337 g/mol. The summed E-state index contributed by atoms with van der Waals surface area (Å²) in [6, 6.07) is 18.3. The first kappa shape index (κ1) is 16.8. The average molecular weight is 337 g/mol. The van der Waals surface area contributed by atoms with Crippen LogP contribution in [-0.4, -0.2) is 36.7 Å². The van der Waals surface area contributed by atoms with E-state index in [2.05, 4.69) is 0 Å². The van der Waals surface area contributed by atoms with Gasteiger partial charge in [-0.1, -0.05) is 60.7 Å². The smallest absolute Gasteiger partial charge is 0.411 e. The zero-order chi connectivity index (χ0) is 17.6. The second-order valence-corrected chi connectivity index (χ2v) is 5.69. The Morgan fingerprint density at radius 2 is 1.68 bits per heavy atom. The van der Waals surface area contributed by atoms with Gasteiger partial charge >= 0.3 is 12.1 Å². The SMILES string of the molecule is COC(=O)[C@@H]1C=C(c2ccccc2)CN1C(=O)OCc1ccccc1. The number of hydrogen-bond donors (Lipinski definition) is 0. The van der Waals surface area contributed by atoms with Crippen molar-refractivity contribution in [2.45, 2.75) is 12.6 Å². The highest BCUT2D eigenvalue weighted by atomic mass is 16.6. The van der Waals surface area contributed by atoms with Gasteiger partial charge in [-0.25, -0.2) is 9.59 Å². The molecule has 0 spiro atoms. The molecule has 0 saturated heterocycles. The highest BCUT2D eigenvalue weighted by Gasteiger charge is 2.36. The lowest BCUT2D eigenvalue weighted by Gasteiger charge is -2.22. The summed E-state index contributed by atoms with van der Waals surface area (Å²) in [4.78, 5) is 25.9. The van der Waals surface area contributed by atoms with Crippen LogP contribution in [0.4, 0.5) is 4.79 Å². The number of carbonyl (C=O) groups is 2. The number of ether oxygens (including phenoxy) is 2. The Hall–Kier alpha value is -3.08. The summed E-state index contributed by atoms with van der Waals surface area (Å²) >= 11 is 0. The minimum absolute atomic E-state index is 0.157. The number of methoxy groups -OCH3 is 1. The molecule has 1 aliphatic rings. The third-order valence-corrected chi connectivity index (χ3v) is 4.06. The Balaban J connectivity index is 1.73. The molecule has 3 rings (SSSR count). The van der Waals surface area contributed by atoms with E-state index in [1.54, 1.807) is 6.08 Å². The van der Waals surface area contributed by atoms with Gasteiger partial charge in [0.2, 0.25) is 0 Å². The van der Waals surface area contributed by atoms with Gasteiger partial charge in [-0.3, -0.25) is 4.90 Å². The van der Waals surface area contributed by atoms with Gasteiger partial charge in [0.15, 0.2) is 6.04 Å². The fourth-order valence-corrected chi connectivity index (χ4v) is 2.75. The molecule has 2 aromatic rings. The first-order valence-corrected chi connectivity index (χ1v) is 8.00. The van der Waals surface area contributed by atoms with Crippen molar-refractivity contribution in [3.63, 3.8) is 0 Å². The van der Waals surface area contributed by atoms with E-state index in [0.29, 0.717) is 6.54 Å². The van der Waals surface area contributed by atoms with Crippen molar-refractivity contribution in [2.75, 3.05) is 13.7 Å². The van der Waals surface area contributed by atoms with Crippen molar-refractivity contribution in [2.24, 2.45) is 0 Å². The lowest BCUT2D eigenvalue weighted by Crippen LogP contribution is -2.41. The molecule has 5 heteroatoms. The van der Waals surface area contributed by atoms with E-state index >= 15 is 0 Å². The van der Waals surface area contributed by atoms with Crippen LogP contribution in [0, 0.1) is 0 Å². The number of carbonyl (C=O) groups excluding carboxylic acids is 2. The van der Waals surface area contributed by atoms with Gasteiger partial charge in [-0.05, 0) is 22.8 Å². The van der Waals surface area contributed by atoms with Gasteiger partial charge in [0.25, 0.3) is 0 Å². The third kappa shape index (κ3) is 3.88. The zero-order valence-electron chi connectivity index (χ0n) is 13.9. The first-order chi connectivity index (χ1) is 12.2. The fourth-order valence-electron chi connectivity index (χ4n) is 2.75. The average Bonchev–Trinajstić information content (AvgIpc) is 3.12. The Labute approximate surface area is 146 Å². The van der Waals surface area contributed by atoms with Crippen molar-refractivity contribution in [1.82, 2.24) is 4.90 Å². The van der Waals surface area contributed by atoms with E-state index in [1.165, 1.54) is 12.0 Å². The van der Waals surface area contributed by atoms with Crippen LogP contribution in [0.15, 0.2) is 66.7 Å². The highest BCUT2D eigenvalue weighted by molar-refractivity contribution is 5.90. The molecule has 1 heterocycles. The van der Waals surface area contributed by atoms with Gasteiger partial charge in [0.05, 0.1) is 13.7 Å². The molecule has 5 nitrogen and oxygen atoms in total. The molecule has 1 amide bonds. The fraction of sp³-hybridized carbons (Fsp3) is 0.200. The lowest BCUT2D eigenvalue weighted by atomic mass is 10.1. The second kappa shape index (κ2) is 7.66. The molecule has 0 bridgehead atoms. The Morgan fingerprint density at radius 3 is 2.32 bits per heavy atom. The molecule has 128 valence electrons. The van der Waals surface area contributed by atoms with Crippen LogP contribution >= 0.6 is 0 Å². The van der Waals surface area contributed by atoms with E-state index < -0.39 is 18.1 Å². The summed E-state index contributed by atoms with van der Waals surface area (Å²) in [6.07, 6.45) is 1.21. The Bertz CT molecular complexity index is 771. The lowest BCUT2D eigenvalue weighted by molar-refractivity contribution is -0.144. The van der Waals surface area contributed by atoms with Gasteiger partial charge in [0.1, 0.15) is 6.61 Å². The maximum absolute atomic E-state index is 12.5. The quantitative estimate of drug-likeness (QED) is 0.804. The van der Waals surface area contributed by atoms with Crippen molar-refractivity contribution in [1.29, 1.82) is 0 Å². The van der Waals surface area contributed by atoms with Gasteiger partial charge in [0, 0.05) is 0 Å². The van der Waals surface area contributed by atoms with Crippen LogP contribution in [0.1, 0.15) is 11.1 Å². The normalized spacial score (nSPS) is 16.3. The van der Waals surface area contributed by atoms with Crippen LogP contribution < -0.4 is 0 Å². The van der Waals surface area contributed by atoms with Gasteiger partial charge < -0.3 is 9.47 Å². The summed E-state index contributed by atoms with van der Waals surface area (Å²) < 4.78 is 10.2. The minimum Gasteiger partial charge on any atom is -0.467 e. The molecule has 1 atom stereocenters. The number of benzene rings is 2. The van der Waals surface area contributed by atoms with E-state index in [9.17, 15) is 9.59 Å². The molecular weight excluding hydrogens is 318 g/mol. The van der Waals surface area contributed by atoms with Crippen molar-refractivity contribution < 1.29 is 19.1 Å². The first-order valence-electron chi connectivity index (χ1n) is 8.00. The van der Waals surface area contributed by atoms with Gasteiger partial charge in [-0.15, -0.1) is 0 Å².